The first-order chi connectivity index (χ1) is 18.0. The van der Waals surface area contributed by atoms with Crippen LogP contribution in [0, 0.1) is 10.1 Å². The Labute approximate surface area is 219 Å². The molecule has 2 heterocycles. The highest BCUT2D eigenvalue weighted by Gasteiger charge is 2.32. The van der Waals surface area contributed by atoms with E-state index in [4.69, 9.17) is 4.74 Å². The van der Waals surface area contributed by atoms with E-state index in [1.165, 1.54) is 56.2 Å². The SMILES string of the molecule is COC(=O)N(C)C(Cc1ccncc1)C(=O)N[C@@H](Cc1ccc([N+](=O)[O-])cc1)c1nc(CC(F)(F)F)cs1. The third-order valence-corrected chi connectivity index (χ3v) is 6.57. The second-order valence-electron chi connectivity index (χ2n) is 8.31. The van der Waals surface area contributed by atoms with Crippen LogP contribution >= 0.6 is 11.3 Å². The highest BCUT2D eigenvalue weighted by atomic mass is 32.1. The maximum Gasteiger partial charge on any atom is 0.409 e. The Bertz CT molecular complexity index is 1250. The van der Waals surface area contributed by atoms with Crippen molar-refractivity contribution in [3.8, 4) is 0 Å². The summed E-state index contributed by atoms with van der Waals surface area (Å²) in [5.41, 5.74) is 0.971. The first-order valence-corrected chi connectivity index (χ1v) is 12.1. The number of carbonyl (C=O) groups excluding carboxylic acids is 2. The zero-order valence-corrected chi connectivity index (χ0v) is 21.2. The van der Waals surface area contributed by atoms with Crippen LogP contribution in [0.4, 0.5) is 23.7 Å². The van der Waals surface area contributed by atoms with Crippen LogP contribution in [0.5, 0.6) is 0 Å². The summed E-state index contributed by atoms with van der Waals surface area (Å²) < 4.78 is 43.5. The molecule has 2 aromatic heterocycles. The number of nitrogens with zero attached hydrogens (tertiary/aromatic N) is 4. The Morgan fingerprint density at radius 1 is 1.13 bits per heavy atom. The highest BCUT2D eigenvalue weighted by molar-refractivity contribution is 7.09. The van der Waals surface area contributed by atoms with Crippen molar-refractivity contribution in [3.05, 3.63) is 86.1 Å². The smallest absolute Gasteiger partial charge is 0.409 e. The monoisotopic (exact) mass is 551 g/mol. The van der Waals surface area contributed by atoms with Crippen LogP contribution in [0.2, 0.25) is 0 Å². The van der Waals surface area contributed by atoms with Crippen LogP contribution in [0.3, 0.4) is 0 Å². The van der Waals surface area contributed by atoms with Gasteiger partial charge >= 0.3 is 12.3 Å². The molecule has 202 valence electrons. The molecule has 2 amide bonds. The molecule has 0 radical (unpaired) electrons. The van der Waals surface area contributed by atoms with Gasteiger partial charge < -0.3 is 10.1 Å². The predicted molar refractivity (Wildman–Crippen MR) is 131 cm³/mol. The molecule has 0 aliphatic carbocycles. The fourth-order valence-electron chi connectivity index (χ4n) is 3.65. The summed E-state index contributed by atoms with van der Waals surface area (Å²) >= 11 is 0.955. The van der Waals surface area contributed by atoms with Crippen molar-refractivity contribution in [1.29, 1.82) is 0 Å². The molecule has 0 saturated heterocycles. The van der Waals surface area contributed by atoms with E-state index in [2.05, 4.69) is 15.3 Å². The molecule has 0 spiro atoms. The lowest BCUT2D eigenvalue weighted by atomic mass is 10.0. The number of nitro benzene ring substituents is 1. The van der Waals surface area contributed by atoms with Gasteiger partial charge in [-0.05, 0) is 29.7 Å². The minimum Gasteiger partial charge on any atom is -0.453 e. The van der Waals surface area contributed by atoms with Gasteiger partial charge in [-0.25, -0.2) is 9.78 Å². The molecule has 38 heavy (non-hydrogen) atoms. The number of non-ortho nitro benzene ring substituents is 1. The van der Waals surface area contributed by atoms with E-state index in [0.717, 1.165) is 16.2 Å². The van der Waals surface area contributed by atoms with Crippen LogP contribution in [-0.4, -0.2) is 58.2 Å². The summed E-state index contributed by atoms with van der Waals surface area (Å²) in [7, 11) is 2.57. The highest BCUT2D eigenvalue weighted by Crippen LogP contribution is 2.27. The Balaban J connectivity index is 1.91. The van der Waals surface area contributed by atoms with Crippen molar-refractivity contribution in [3.63, 3.8) is 0 Å². The third kappa shape index (κ3) is 7.96. The van der Waals surface area contributed by atoms with Gasteiger partial charge in [0.15, 0.2) is 0 Å². The van der Waals surface area contributed by atoms with Crippen LogP contribution in [0.15, 0.2) is 54.2 Å². The molecule has 1 unspecified atom stereocenters. The summed E-state index contributed by atoms with van der Waals surface area (Å²) in [4.78, 5) is 45.3. The summed E-state index contributed by atoms with van der Waals surface area (Å²) in [6.07, 6.45) is -3.16. The number of ether oxygens (including phenoxy) is 1. The molecule has 3 rings (SSSR count). The van der Waals surface area contributed by atoms with Gasteiger partial charge in [-0.15, -0.1) is 11.3 Å². The summed E-state index contributed by atoms with van der Waals surface area (Å²) in [6.45, 7) is 0. The Hall–Kier alpha value is -4.07. The van der Waals surface area contributed by atoms with Gasteiger partial charge in [-0.3, -0.25) is 24.8 Å². The third-order valence-electron chi connectivity index (χ3n) is 5.56. The second kappa shape index (κ2) is 12.4. The van der Waals surface area contributed by atoms with Crippen LogP contribution < -0.4 is 5.32 Å². The average molecular weight is 552 g/mol. The fraction of sp³-hybridized carbons (Fsp3) is 0.333. The van der Waals surface area contributed by atoms with E-state index < -0.39 is 41.6 Å². The van der Waals surface area contributed by atoms with Crippen molar-refractivity contribution in [2.45, 2.75) is 37.5 Å². The lowest BCUT2D eigenvalue weighted by Crippen LogP contribution is -2.50. The van der Waals surface area contributed by atoms with E-state index in [-0.39, 0.29) is 29.2 Å². The van der Waals surface area contributed by atoms with Crippen molar-refractivity contribution >= 4 is 29.0 Å². The normalized spacial score (nSPS) is 12.9. The number of amides is 2. The lowest BCUT2D eigenvalue weighted by Gasteiger charge is -2.28. The number of carbonyl (C=O) groups is 2. The van der Waals surface area contributed by atoms with Gasteiger partial charge in [0.25, 0.3) is 5.69 Å². The molecule has 0 fully saturated rings. The molecular weight excluding hydrogens is 527 g/mol. The van der Waals surface area contributed by atoms with Gasteiger partial charge in [0.1, 0.15) is 11.0 Å². The minimum absolute atomic E-state index is 0.0899. The number of thiazole rings is 1. The molecule has 0 bridgehead atoms. The Kier molecular flexibility index (Phi) is 9.34. The molecule has 0 aliphatic heterocycles. The van der Waals surface area contributed by atoms with Crippen LogP contribution in [0.1, 0.15) is 27.9 Å². The molecule has 1 N–H and O–H groups in total. The number of alkyl halides is 3. The number of hydrogen-bond donors (Lipinski definition) is 1. The van der Waals surface area contributed by atoms with E-state index in [1.807, 2.05) is 0 Å². The number of methoxy groups -OCH3 is 1. The molecule has 0 saturated carbocycles. The topological polar surface area (TPSA) is 128 Å². The molecule has 1 aromatic carbocycles. The van der Waals surface area contributed by atoms with Gasteiger partial charge in [-0.1, -0.05) is 12.1 Å². The quantitative estimate of drug-likeness (QED) is 0.295. The maximum atomic E-state index is 13.5. The standard InChI is InChI=1S/C24H24F3N5O5S/c1-31(23(34)37-2)20(12-16-7-9-28-10-8-16)21(33)30-19(11-15-3-5-18(6-4-15)32(35)36)22-29-17(14-38-22)13-24(25,26)27/h3-10,14,19-20H,11-13H2,1-2H3,(H,30,33)/t19-,20?/m0/s1. The first kappa shape index (κ1) is 28.5. The summed E-state index contributed by atoms with van der Waals surface area (Å²) in [6, 6.07) is 7.05. The predicted octanol–water partition coefficient (Wildman–Crippen LogP) is 4.26. The van der Waals surface area contributed by atoms with Crippen molar-refractivity contribution in [2.24, 2.45) is 0 Å². The Morgan fingerprint density at radius 2 is 1.76 bits per heavy atom. The van der Waals surface area contributed by atoms with E-state index in [0.29, 0.717) is 11.1 Å². The number of nitrogens with one attached hydrogen (secondary N) is 1. The van der Waals surface area contributed by atoms with E-state index in [9.17, 15) is 32.9 Å². The number of pyridine rings is 1. The fourth-order valence-corrected chi connectivity index (χ4v) is 4.51. The maximum absolute atomic E-state index is 13.5. The molecule has 3 aromatic rings. The van der Waals surface area contributed by atoms with Crippen molar-refractivity contribution in [2.75, 3.05) is 14.2 Å². The lowest BCUT2D eigenvalue weighted by molar-refractivity contribution is -0.384. The average Bonchev–Trinajstić information content (AvgIpc) is 3.33. The number of nitro groups is 1. The van der Waals surface area contributed by atoms with Gasteiger partial charge in [0, 0.05) is 43.4 Å². The molecule has 0 aliphatic rings. The number of rotatable bonds is 10. The minimum atomic E-state index is -4.46. The summed E-state index contributed by atoms with van der Waals surface area (Å²) in [5.74, 6) is -0.589. The van der Waals surface area contributed by atoms with Gasteiger partial charge in [-0.2, -0.15) is 13.2 Å². The Morgan fingerprint density at radius 3 is 2.34 bits per heavy atom. The molecule has 14 heteroatoms. The number of halogens is 3. The van der Waals surface area contributed by atoms with E-state index >= 15 is 0 Å². The van der Waals surface area contributed by atoms with Crippen molar-refractivity contribution < 1.29 is 32.4 Å². The van der Waals surface area contributed by atoms with Gasteiger partial charge in [0.05, 0.1) is 30.2 Å². The molecule has 2 atom stereocenters. The van der Waals surface area contributed by atoms with Crippen molar-refractivity contribution in [1.82, 2.24) is 20.2 Å². The van der Waals surface area contributed by atoms with Gasteiger partial charge in [0.2, 0.25) is 5.91 Å². The van der Waals surface area contributed by atoms with Crippen LogP contribution in [0.25, 0.3) is 0 Å². The number of hydrogen-bond acceptors (Lipinski definition) is 8. The van der Waals surface area contributed by atoms with E-state index in [1.54, 1.807) is 12.1 Å². The number of benzene rings is 1. The molecular formula is C24H24F3N5O5S. The zero-order valence-electron chi connectivity index (χ0n) is 20.3. The largest absolute Gasteiger partial charge is 0.453 e. The number of aromatic nitrogens is 2. The second-order valence-corrected chi connectivity index (χ2v) is 9.20. The first-order valence-electron chi connectivity index (χ1n) is 11.2. The summed E-state index contributed by atoms with van der Waals surface area (Å²) in [5, 5.41) is 15.3. The van der Waals surface area contributed by atoms with Crippen LogP contribution in [-0.2, 0) is 28.8 Å². The molecule has 10 nitrogen and oxygen atoms in total. The zero-order chi connectivity index (χ0) is 27.9. The number of likely N-dealkylation sites (N-methyl/N-ethyl adjacent to an activating group) is 1.